The van der Waals surface area contributed by atoms with E-state index in [4.69, 9.17) is 0 Å². The molecular formula is C10H7BrF3NO2S. The van der Waals surface area contributed by atoms with Gasteiger partial charge in [0, 0.05) is 20.6 Å². The normalized spacial score (nSPS) is 22.9. The van der Waals surface area contributed by atoms with Crippen molar-refractivity contribution in [2.24, 2.45) is 0 Å². The molecule has 0 bridgehead atoms. The smallest absolute Gasteiger partial charge is 0.368 e. The van der Waals surface area contributed by atoms with Crippen molar-refractivity contribution in [2.75, 3.05) is 11.6 Å². The van der Waals surface area contributed by atoms with Crippen LogP contribution in [0.3, 0.4) is 0 Å². The molecule has 98 valence electrons. The van der Waals surface area contributed by atoms with Crippen LogP contribution in [0.4, 0.5) is 18.9 Å². The van der Waals surface area contributed by atoms with Gasteiger partial charge in [0.05, 0.1) is 0 Å². The molecule has 1 atom stereocenters. The summed E-state index contributed by atoms with van der Waals surface area (Å²) >= 11 is 4.42. The third-order valence-corrected chi connectivity index (χ3v) is 4.36. The lowest BCUT2D eigenvalue weighted by Gasteiger charge is -2.23. The summed E-state index contributed by atoms with van der Waals surface area (Å²) in [6, 6.07) is 2.51. The number of halogens is 4. The fourth-order valence-electron chi connectivity index (χ4n) is 1.73. The molecule has 0 saturated carbocycles. The van der Waals surface area contributed by atoms with Gasteiger partial charge >= 0.3 is 6.18 Å². The van der Waals surface area contributed by atoms with E-state index in [1.807, 2.05) is 0 Å². The molecule has 1 heterocycles. The van der Waals surface area contributed by atoms with E-state index in [2.05, 4.69) is 21.2 Å². The van der Waals surface area contributed by atoms with Crippen molar-refractivity contribution in [1.82, 2.24) is 0 Å². The van der Waals surface area contributed by atoms with E-state index < -0.39 is 23.2 Å². The van der Waals surface area contributed by atoms with E-state index >= 15 is 0 Å². The predicted octanol–water partition coefficient (Wildman–Crippen LogP) is 2.87. The van der Waals surface area contributed by atoms with Crippen molar-refractivity contribution < 1.29 is 23.1 Å². The fraction of sp³-hybridized carbons (Fsp3) is 0.300. The van der Waals surface area contributed by atoms with Crippen LogP contribution in [0.2, 0.25) is 0 Å². The third kappa shape index (κ3) is 1.74. The molecule has 0 aromatic heterocycles. The van der Waals surface area contributed by atoms with Gasteiger partial charge < -0.3 is 10.4 Å². The number of hydrogen-bond donors (Lipinski definition) is 2. The van der Waals surface area contributed by atoms with Gasteiger partial charge in [-0.25, -0.2) is 0 Å². The van der Waals surface area contributed by atoms with Crippen LogP contribution < -0.4 is 5.32 Å². The van der Waals surface area contributed by atoms with E-state index in [-0.39, 0.29) is 5.69 Å². The number of nitrogens with one attached hydrogen (secondary N) is 1. The van der Waals surface area contributed by atoms with Crippen LogP contribution in [0.15, 0.2) is 21.5 Å². The van der Waals surface area contributed by atoms with E-state index in [1.165, 1.54) is 17.8 Å². The number of thioether (sulfide) groups is 1. The second-order valence-corrected chi connectivity index (χ2v) is 5.40. The molecule has 0 radical (unpaired) electrons. The van der Waals surface area contributed by atoms with Crippen molar-refractivity contribution >= 4 is 39.3 Å². The number of hydrogen-bond acceptors (Lipinski definition) is 3. The number of carbonyl (C=O) groups is 1. The van der Waals surface area contributed by atoms with E-state index in [9.17, 15) is 23.1 Å². The van der Waals surface area contributed by atoms with Crippen LogP contribution >= 0.6 is 27.7 Å². The first-order valence-electron chi connectivity index (χ1n) is 4.70. The minimum Gasteiger partial charge on any atom is -0.368 e. The van der Waals surface area contributed by atoms with Crippen molar-refractivity contribution in [3.05, 3.63) is 22.2 Å². The molecule has 1 aliphatic rings. The Morgan fingerprint density at radius 1 is 1.44 bits per heavy atom. The molecule has 8 heteroatoms. The highest BCUT2D eigenvalue weighted by Gasteiger charge is 2.64. The first kappa shape index (κ1) is 13.7. The summed E-state index contributed by atoms with van der Waals surface area (Å²) in [6.07, 6.45) is -3.32. The number of rotatable bonds is 1. The summed E-state index contributed by atoms with van der Waals surface area (Å²) in [7, 11) is 0. The van der Waals surface area contributed by atoms with Crippen LogP contribution in [0.25, 0.3) is 0 Å². The quantitative estimate of drug-likeness (QED) is 0.772. The van der Waals surface area contributed by atoms with Gasteiger partial charge in [-0.05, 0) is 34.3 Å². The van der Waals surface area contributed by atoms with Crippen molar-refractivity contribution in [1.29, 1.82) is 0 Å². The zero-order valence-corrected chi connectivity index (χ0v) is 11.3. The maximum Gasteiger partial charge on any atom is 0.430 e. The number of anilines is 1. The average Bonchev–Trinajstić information content (AvgIpc) is 2.51. The van der Waals surface area contributed by atoms with Crippen LogP contribution in [0.1, 0.15) is 5.56 Å². The van der Waals surface area contributed by atoms with E-state index in [0.29, 0.717) is 9.37 Å². The van der Waals surface area contributed by atoms with Gasteiger partial charge in [-0.2, -0.15) is 13.2 Å². The lowest BCUT2D eigenvalue weighted by Crippen LogP contribution is -2.47. The predicted molar refractivity (Wildman–Crippen MR) is 64.5 cm³/mol. The number of benzene rings is 1. The number of carbonyl (C=O) groups excluding carboxylic acids is 1. The van der Waals surface area contributed by atoms with E-state index in [1.54, 1.807) is 6.26 Å². The topological polar surface area (TPSA) is 49.3 Å². The highest BCUT2D eigenvalue weighted by Crippen LogP contribution is 2.48. The number of fused-ring (bicyclic) bond motifs is 1. The molecule has 2 N–H and O–H groups in total. The Balaban J connectivity index is 2.67. The second kappa shape index (κ2) is 4.14. The molecule has 1 aromatic rings. The van der Waals surface area contributed by atoms with Gasteiger partial charge in [0.15, 0.2) is 0 Å². The van der Waals surface area contributed by atoms with Crippen LogP contribution in [0, 0.1) is 0 Å². The van der Waals surface area contributed by atoms with Gasteiger partial charge in [0.2, 0.25) is 0 Å². The molecule has 0 saturated heterocycles. The SMILES string of the molecule is CSc1cc2c(cc1Br)C(O)(C(F)(F)F)C(=O)N2. The van der Waals surface area contributed by atoms with Gasteiger partial charge in [-0.3, -0.25) is 4.79 Å². The van der Waals surface area contributed by atoms with Gasteiger partial charge in [-0.1, -0.05) is 0 Å². The molecule has 1 aromatic carbocycles. The first-order chi connectivity index (χ1) is 8.21. The summed E-state index contributed by atoms with van der Waals surface area (Å²) in [5, 5.41) is 11.7. The standard InChI is InChI=1S/C10H7BrF3NO2S/c1-18-7-3-6-4(2-5(7)11)9(17,8(16)15-6)10(12,13)14/h2-3,17H,1H3,(H,15,16). The zero-order valence-electron chi connectivity index (χ0n) is 8.93. The Morgan fingerprint density at radius 3 is 2.56 bits per heavy atom. The van der Waals surface area contributed by atoms with Gasteiger partial charge in [-0.15, -0.1) is 11.8 Å². The Kier molecular flexibility index (Phi) is 3.15. The fourth-order valence-corrected chi connectivity index (χ4v) is 3.05. The maximum atomic E-state index is 12.9. The molecule has 3 nitrogen and oxygen atoms in total. The Morgan fingerprint density at radius 2 is 2.06 bits per heavy atom. The molecule has 1 amide bonds. The third-order valence-electron chi connectivity index (χ3n) is 2.67. The lowest BCUT2D eigenvalue weighted by molar-refractivity contribution is -0.252. The monoisotopic (exact) mass is 341 g/mol. The molecule has 1 unspecified atom stereocenters. The highest BCUT2D eigenvalue weighted by molar-refractivity contribution is 9.10. The Hall–Kier alpha value is -0.730. The summed E-state index contributed by atoms with van der Waals surface area (Å²) in [4.78, 5) is 12.1. The summed E-state index contributed by atoms with van der Waals surface area (Å²) in [5.41, 5.74) is -3.99. The molecule has 0 spiro atoms. The van der Waals surface area contributed by atoms with E-state index in [0.717, 1.165) is 6.07 Å². The van der Waals surface area contributed by atoms with Crippen LogP contribution in [0.5, 0.6) is 0 Å². The van der Waals surface area contributed by atoms with Gasteiger partial charge in [0.1, 0.15) is 0 Å². The van der Waals surface area contributed by atoms with Crippen LogP contribution in [-0.4, -0.2) is 23.4 Å². The molecule has 0 fully saturated rings. The molecule has 1 aliphatic heterocycles. The van der Waals surface area contributed by atoms with Crippen LogP contribution in [-0.2, 0) is 10.4 Å². The van der Waals surface area contributed by atoms with Crippen molar-refractivity contribution in [3.8, 4) is 0 Å². The largest absolute Gasteiger partial charge is 0.430 e. The number of aliphatic hydroxyl groups is 1. The van der Waals surface area contributed by atoms with Gasteiger partial charge in [0.25, 0.3) is 11.5 Å². The zero-order chi connectivity index (χ0) is 13.7. The number of alkyl halides is 3. The molecule has 0 aliphatic carbocycles. The first-order valence-corrected chi connectivity index (χ1v) is 6.72. The Bertz CT molecular complexity index is 535. The molecular weight excluding hydrogens is 335 g/mol. The highest BCUT2D eigenvalue weighted by atomic mass is 79.9. The summed E-state index contributed by atoms with van der Waals surface area (Å²) in [5.74, 6) is -1.48. The van der Waals surface area contributed by atoms with Crippen molar-refractivity contribution in [2.45, 2.75) is 16.7 Å². The average molecular weight is 342 g/mol. The van der Waals surface area contributed by atoms with Crippen molar-refractivity contribution in [3.63, 3.8) is 0 Å². The number of amides is 1. The molecule has 18 heavy (non-hydrogen) atoms. The second-order valence-electron chi connectivity index (χ2n) is 3.69. The summed E-state index contributed by atoms with van der Waals surface area (Å²) < 4.78 is 39.0. The Labute approximate surface area is 113 Å². The molecule has 2 rings (SSSR count). The summed E-state index contributed by atoms with van der Waals surface area (Å²) in [6.45, 7) is 0. The minimum atomic E-state index is -5.07. The minimum absolute atomic E-state index is 0.0209. The lowest BCUT2D eigenvalue weighted by atomic mass is 9.95. The maximum absolute atomic E-state index is 12.9.